The lowest BCUT2D eigenvalue weighted by Gasteiger charge is -2.20. The zero-order valence-electron chi connectivity index (χ0n) is 9.04. The number of hydrogen-bond acceptors (Lipinski definition) is 3. The number of para-hydroxylation sites is 1. The van der Waals surface area contributed by atoms with Crippen LogP contribution in [-0.2, 0) is 4.79 Å². The second kappa shape index (κ2) is 4.14. The van der Waals surface area contributed by atoms with Gasteiger partial charge in [-0.25, -0.2) is 0 Å². The van der Waals surface area contributed by atoms with Crippen molar-refractivity contribution in [2.24, 2.45) is 4.99 Å². The van der Waals surface area contributed by atoms with Gasteiger partial charge in [0.15, 0.2) is 0 Å². The highest BCUT2D eigenvalue weighted by Crippen LogP contribution is 2.32. The molecule has 0 aliphatic carbocycles. The largest absolute Gasteiger partial charge is 0.283 e. The molecule has 1 aliphatic rings. The Morgan fingerprint density at radius 3 is 2.88 bits per heavy atom. The molecule has 0 saturated carbocycles. The van der Waals surface area contributed by atoms with Crippen LogP contribution in [0.3, 0.4) is 0 Å². The van der Waals surface area contributed by atoms with Gasteiger partial charge < -0.3 is 0 Å². The van der Waals surface area contributed by atoms with Crippen LogP contribution in [0.4, 0.5) is 10.7 Å². The molecule has 0 atom stereocenters. The third-order valence-electron chi connectivity index (χ3n) is 2.61. The Morgan fingerprint density at radius 1 is 1.18 bits per heavy atom. The minimum absolute atomic E-state index is 0.00801. The molecule has 1 aromatic heterocycles. The van der Waals surface area contributed by atoms with E-state index in [1.54, 1.807) is 22.5 Å². The highest BCUT2D eigenvalue weighted by Gasteiger charge is 2.22. The predicted molar refractivity (Wildman–Crippen MR) is 70.4 cm³/mol. The Bertz CT molecular complexity index is 575. The number of nitrogens with zero attached hydrogens (tertiary/aromatic N) is 2. The fourth-order valence-corrected chi connectivity index (χ4v) is 2.63. The van der Waals surface area contributed by atoms with Gasteiger partial charge in [-0.15, -0.1) is 11.3 Å². The van der Waals surface area contributed by atoms with Gasteiger partial charge in [-0.1, -0.05) is 18.2 Å². The molecule has 4 heteroatoms. The van der Waals surface area contributed by atoms with Crippen LogP contribution in [0.2, 0.25) is 0 Å². The first-order valence-corrected chi connectivity index (χ1v) is 6.19. The maximum absolute atomic E-state index is 12.1. The molecule has 17 heavy (non-hydrogen) atoms. The summed E-state index contributed by atoms with van der Waals surface area (Å²) in [5.41, 5.74) is 1.88. The number of fused-ring (bicyclic) bond motifs is 1. The lowest BCUT2D eigenvalue weighted by molar-refractivity contribution is -0.116. The zero-order valence-corrected chi connectivity index (χ0v) is 9.85. The summed E-state index contributed by atoms with van der Waals surface area (Å²) in [6.07, 6.45) is 1.76. The number of hydrogen-bond donors (Lipinski definition) is 0. The van der Waals surface area contributed by atoms with E-state index in [1.807, 2.05) is 41.8 Å². The van der Waals surface area contributed by atoms with Gasteiger partial charge >= 0.3 is 0 Å². The maximum Gasteiger partial charge on any atom is 0.253 e. The van der Waals surface area contributed by atoms with Crippen LogP contribution in [0.25, 0.3) is 0 Å². The zero-order chi connectivity index (χ0) is 11.7. The van der Waals surface area contributed by atoms with Crippen molar-refractivity contribution < 1.29 is 4.79 Å². The highest BCUT2D eigenvalue weighted by atomic mass is 32.1. The Morgan fingerprint density at radius 2 is 2.06 bits per heavy atom. The number of carbonyl (C=O) groups is 1. The molecule has 0 fully saturated rings. The van der Waals surface area contributed by atoms with Crippen molar-refractivity contribution in [2.75, 3.05) is 11.4 Å². The topological polar surface area (TPSA) is 32.7 Å². The van der Waals surface area contributed by atoms with Crippen molar-refractivity contribution in [1.82, 2.24) is 0 Å². The number of carbonyl (C=O) groups excluding carboxylic acids is 1. The molecule has 0 saturated heterocycles. The van der Waals surface area contributed by atoms with Crippen LogP contribution in [0.5, 0.6) is 0 Å². The monoisotopic (exact) mass is 242 g/mol. The van der Waals surface area contributed by atoms with E-state index in [1.165, 1.54) is 0 Å². The van der Waals surface area contributed by atoms with Gasteiger partial charge in [0.1, 0.15) is 11.5 Å². The first kappa shape index (κ1) is 10.2. The van der Waals surface area contributed by atoms with E-state index in [9.17, 15) is 4.79 Å². The summed E-state index contributed by atoms with van der Waals surface area (Å²) in [6.45, 7) is 0.201. The molecule has 0 spiro atoms. The first-order chi connectivity index (χ1) is 8.36. The molecule has 0 radical (unpaired) electrons. The van der Waals surface area contributed by atoms with Crippen molar-refractivity contribution in [3.05, 3.63) is 47.3 Å². The van der Waals surface area contributed by atoms with Gasteiger partial charge in [0.05, 0.1) is 5.69 Å². The van der Waals surface area contributed by atoms with E-state index in [4.69, 9.17) is 0 Å². The lowest BCUT2D eigenvalue weighted by Crippen LogP contribution is -2.26. The molecule has 3 rings (SSSR count). The summed E-state index contributed by atoms with van der Waals surface area (Å²) in [5, 5.41) is 2.91. The SMILES string of the molecule is O=C1CN=Cc2ccccc2N1c1cccs1. The number of amides is 1. The normalized spacial score (nSPS) is 14.6. The van der Waals surface area contributed by atoms with Crippen molar-refractivity contribution in [2.45, 2.75) is 0 Å². The molecule has 1 aliphatic heterocycles. The molecular formula is C13H10N2OS. The van der Waals surface area contributed by atoms with E-state index in [2.05, 4.69) is 4.99 Å². The van der Waals surface area contributed by atoms with Gasteiger partial charge in [-0.3, -0.25) is 14.7 Å². The smallest absolute Gasteiger partial charge is 0.253 e. The van der Waals surface area contributed by atoms with E-state index in [0.29, 0.717) is 0 Å². The average Bonchev–Trinajstić information content (AvgIpc) is 2.80. The van der Waals surface area contributed by atoms with E-state index in [0.717, 1.165) is 16.3 Å². The van der Waals surface area contributed by atoms with Crippen molar-refractivity contribution >= 4 is 34.1 Å². The Kier molecular flexibility index (Phi) is 2.49. The Labute approximate surface area is 103 Å². The lowest BCUT2D eigenvalue weighted by atomic mass is 10.2. The molecule has 0 N–H and O–H groups in total. The van der Waals surface area contributed by atoms with Gasteiger partial charge in [0, 0.05) is 11.8 Å². The number of aliphatic imine (C=N–C) groups is 1. The summed E-state index contributed by atoms with van der Waals surface area (Å²) in [6, 6.07) is 11.7. The molecule has 3 nitrogen and oxygen atoms in total. The fourth-order valence-electron chi connectivity index (χ4n) is 1.87. The minimum Gasteiger partial charge on any atom is -0.283 e. The standard InChI is InChI=1S/C13H10N2OS/c16-12-9-14-8-10-4-1-2-5-11(10)15(12)13-6-3-7-17-13/h1-8H,9H2. The van der Waals surface area contributed by atoms with Crippen LogP contribution in [0, 0.1) is 0 Å². The van der Waals surface area contributed by atoms with Gasteiger partial charge in [-0.05, 0) is 23.6 Å². The molecule has 84 valence electrons. The average molecular weight is 242 g/mol. The number of benzene rings is 1. The Balaban J connectivity index is 2.18. The molecule has 1 aromatic carbocycles. The second-order valence-electron chi connectivity index (χ2n) is 3.71. The molecule has 2 heterocycles. The number of thiophene rings is 1. The summed E-state index contributed by atoms with van der Waals surface area (Å²) in [4.78, 5) is 18.0. The van der Waals surface area contributed by atoms with E-state index >= 15 is 0 Å². The third kappa shape index (κ3) is 1.76. The van der Waals surface area contributed by atoms with Crippen LogP contribution in [0.1, 0.15) is 5.56 Å². The van der Waals surface area contributed by atoms with Gasteiger partial charge in [0.2, 0.25) is 0 Å². The quantitative estimate of drug-likeness (QED) is 0.756. The van der Waals surface area contributed by atoms with Crippen LogP contribution in [-0.4, -0.2) is 18.7 Å². The third-order valence-corrected chi connectivity index (χ3v) is 3.46. The van der Waals surface area contributed by atoms with Crippen LogP contribution >= 0.6 is 11.3 Å². The molecule has 0 bridgehead atoms. The van der Waals surface area contributed by atoms with Crippen LogP contribution in [0.15, 0.2) is 46.8 Å². The molecule has 1 amide bonds. The van der Waals surface area contributed by atoms with Gasteiger partial charge in [-0.2, -0.15) is 0 Å². The van der Waals surface area contributed by atoms with E-state index < -0.39 is 0 Å². The summed E-state index contributed by atoms with van der Waals surface area (Å²) in [5.74, 6) is 0.00801. The van der Waals surface area contributed by atoms with Crippen molar-refractivity contribution in [1.29, 1.82) is 0 Å². The molecule has 2 aromatic rings. The maximum atomic E-state index is 12.1. The Hall–Kier alpha value is -1.94. The molecule has 0 unspecified atom stereocenters. The van der Waals surface area contributed by atoms with Crippen LogP contribution < -0.4 is 4.90 Å². The molecular weight excluding hydrogens is 232 g/mol. The second-order valence-corrected chi connectivity index (χ2v) is 4.64. The fraction of sp³-hybridized carbons (Fsp3) is 0.0769. The number of benzodiazepines with no additional fused rings is 1. The summed E-state index contributed by atoms with van der Waals surface area (Å²) < 4.78 is 0. The van der Waals surface area contributed by atoms with Crippen molar-refractivity contribution in [3.63, 3.8) is 0 Å². The minimum atomic E-state index is 0.00801. The predicted octanol–water partition coefficient (Wildman–Crippen LogP) is 2.85. The van der Waals surface area contributed by atoms with E-state index in [-0.39, 0.29) is 12.5 Å². The summed E-state index contributed by atoms with van der Waals surface area (Å²) in [7, 11) is 0. The van der Waals surface area contributed by atoms with Gasteiger partial charge in [0.25, 0.3) is 5.91 Å². The number of rotatable bonds is 1. The van der Waals surface area contributed by atoms with Crippen molar-refractivity contribution in [3.8, 4) is 0 Å². The first-order valence-electron chi connectivity index (χ1n) is 5.31. The highest BCUT2D eigenvalue weighted by molar-refractivity contribution is 7.14. The number of anilines is 2. The summed E-state index contributed by atoms with van der Waals surface area (Å²) >= 11 is 1.56.